The Morgan fingerprint density at radius 1 is 1.33 bits per heavy atom. The number of nitrogens with zero attached hydrogens (tertiary/aromatic N) is 1. The zero-order valence-electron chi connectivity index (χ0n) is 12.6. The van der Waals surface area contributed by atoms with Gasteiger partial charge < -0.3 is 15.2 Å². The number of nitrogens with one attached hydrogen (secondary N) is 2. The minimum atomic E-state index is -0.507. The van der Waals surface area contributed by atoms with Gasteiger partial charge in [-0.1, -0.05) is 18.2 Å². The van der Waals surface area contributed by atoms with Crippen molar-refractivity contribution in [3.8, 4) is 0 Å². The molecule has 2 rings (SSSR count). The highest BCUT2D eigenvalue weighted by Crippen LogP contribution is 2.17. The Balaban J connectivity index is 2.00. The van der Waals surface area contributed by atoms with Gasteiger partial charge in [0.05, 0.1) is 6.42 Å². The van der Waals surface area contributed by atoms with E-state index in [4.69, 9.17) is 0 Å². The Bertz CT molecular complexity index is 648. The number of likely N-dealkylation sites (N-methyl/N-ethyl adjacent to an activating group) is 1. The van der Waals surface area contributed by atoms with Crippen molar-refractivity contribution in [3.05, 3.63) is 36.0 Å². The first-order valence-electron chi connectivity index (χ1n) is 7.12. The summed E-state index contributed by atoms with van der Waals surface area (Å²) in [6.45, 7) is 4.24. The predicted molar refractivity (Wildman–Crippen MR) is 82.9 cm³/mol. The number of aromatic nitrogens is 1. The molecule has 1 unspecified atom stereocenters. The third-order valence-electron chi connectivity index (χ3n) is 3.62. The number of para-hydroxylation sites is 1. The molecule has 0 spiro atoms. The molecule has 5 heteroatoms. The lowest BCUT2D eigenvalue weighted by Gasteiger charge is -2.20. The van der Waals surface area contributed by atoms with Gasteiger partial charge in [-0.2, -0.15) is 0 Å². The van der Waals surface area contributed by atoms with Crippen LogP contribution in [0.4, 0.5) is 0 Å². The van der Waals surface area contributed by atoms with Gasteiger partial charge in [0, 0.05) is 30.7 Å². The number of fused-ring (bicyclic) bond motifs is 1. The quantitative estimate of drug-likeness (QED) is 0.879. The summed E-state index contributed by atoms with van der Waals surface area (Å²) >= 11 is 0. The van der Waals surface area contributed by atoms with E-state index in [1.54, 1.807) is 18.9 Å². The van der Waals surface area contributed by atoms with E-state index in [1.807, 2.05) is 37.4 Å². The van der Waals surface area contributed by atoms with Crippen LogP contribution in [0.2, 0.25) is 0 Å². The lowest BCUT2D eigenvalue weighted by atomic mass is 10.1. The van der Waals surface area contributed by atoms with E-state index in [0.29, 0.717) is 6.54 Å². The molecule has 2 amide bonds. The third-order valence-corrected chi connectivity index (χ3v) is 3.62. The molecule has 0 fully saturated rings. The number of aromatic amines is 1. The first-order valence-corrected chi connectivity index (χ1v) is 7.12. The standard InChI is InChI=1S/C16H21N3O2/c1-4-19(3)16(21)11(2)18-15(20)9-12-10-17-14-8-6-5-7-13(12)14/h5-8,10-11,17H,4,9H2,1-3H3,(H,18,20). The molecule has 0 saturated carbocycles. The fourth-order valence-corrected chi connectivity index (χ4v) is 2.29. The lowest BCUT2D eigenvalue weighted by molar-refractivity contribution is -0.134. The Kier molecular flexibility index (Phi) is 4.62. The van der Waals surface area contributed by atoms with Crippen molar-refractivity contribution in [1.82, 2.24) is 15.2 Å². The minimum Gasteiger partial charge on any atom is -0.361 e. The number of hydrogen-bond donors (Lipinski definition) is 2. The van der Waals surface area contributed by atoms with E-state index in [2.05, 4.69) is 10.3 Å². The summed E-state index contributed by atoms with van der Waals surface area (Å²) in [6.07, 6.45) is 2.10. The SMILES string of the molecule is CCN(C)C(=O)C(C)NC(=O)Cc1c[nH]c2ccccc12. The van der Waals surface area contributed by atoms with Gasteiger partial charge in [0.1, 0.15) is 6.04 Å². The summed E-state index contributed by atoms with van der Waals surface area (Å²) in [4.78, 5) is 28.7. The first kappa shape index (κ1) is 15.1. The summed E-state index contributed by atoms with van der Waals surface area (Å²) in [5, 5.41) is 3.79. The van der Waals surface area contributed by atoms with Crippen LogP contribution < -0.4 is 5.32 Å². The highest BCUT2D eigenvalue weighted by molar-refractivity contribution is 5.91. The van der Waals surface area contributed by atoms with Crippen molar-refractivity contribution in [2.45, 2.75) is 26.3 Å². The van der Waals surface area contributed by atoms with Crippen LogP contribution in [0.3, 0.4) is 0 Å². The topological polar surface area (TPSA) is 65.2 Å². The summed E-state index contributed by atoms with van der Waals surface area (Å²) in [5.41, 5.74) is 1.95. The van der Waals surface area contributed by atoms with Crippen LogP contribution >= 0.6 is 0 Å². The maximum absolute atomic E-state index is 12.1. The maximum Gasteiger partial charge on any atom is 0.244 e. The Labute approximate surface area is 124 Å². The molecular weight excluding hydrogens is 266 g/mol. The molecule has 0 saturated heterocycles. The summed E-state index contributed by atoms with van der Waals surface area (Å²) in [7, 11) is 1.73. The van der Waals surface area contributed by atoms with Crippen LogP contribution in [0, 0.1) is 0 Å². The minimum absolute atomic E-state index is 0.0789. The van der Waals surface area contributed by atoms with Crippen molar-refractivity contribution in [3.63, 3.8) is 0 Å². The van der Waals surface area contributed by atoms with E-state index in [0.717, 1.165) is 16.5 Å². The molecule has 0 aliphatic heterocycles. The molecule has 2 aromatic rings. The zero-order chi connectivity index (χ0) is 15.4. The highest BCUT2D eigenvalue weighted by Gasteiger charge is 2.19. The van der Waals surface area contributed by atoms with E-state index in [1.165, 1.54) is 0 Å². The number of amides is 2. The van der Waals surface area contributed by atoms with Gasteiger partial charge in [-0.05, 0) is 25.5 Å². The molecule has 21 heavy (non-hydrogen) atoms. The van der Waals surface area contributed by atoms with E-state index >= 15 is 0 Å². The van der Waals surface area contributed by atoms with E-state index in [9.17, 15) is 9.59 Å². The number of carbonyl (C=O) groups is 2. The van der Waals surface area contributed by atoms with Crippen molar-refractivity contribution < 1.29 is 9.59 Å². The fourth-order valence-electron chi connectivity index (χ4n) is 2.29. The Morgan fingerprint density at radius 2 is 2.05 bits per heavy atom. The third kappa shape index (κ3) is 3.42. The second-order valence-corrected chi connectivity index (χ2v) is 5.18. The van der Waals surface area contributed by atoms with Crippen molar-refractivity contribution in [2.24, 2.45) is 0 Å². The van der Waals surface area contributed by atoms with E-state index in [-0.39, 0.29) is 18.2 Å². The molecule has 0 aliphatic rings. The second kappa shape index (κ2) is 6.43. The van der Waals surface area contributed by atoms with E-state index < -0.39 is 6.04 Å². The molecule has 1 aromatic heterocycles. The highest BCUT2D eigenvalue weighted by atomic mass is 16.2. The van der Waals surface area contributed by atoms with Gasteiger partial charge in [0.25, 0.3) is 0 Å². The van der Waals surface area contributed by atoms with Crippen LogP contribution in [0.5, 0.6) is 0 Å². The summed E-state index contributed by atoms with van der Waals surface area (Å²) in [5.74, 6) is -0.227. The average Bonchev–Trinajstić information content (AvgIpc) is 2.88. The zero-order valence-corrected chi connectivity index (χ0v) is 12.6. The van der Waals surface area contributed by atoms with Gasteiger partial charge in [0.2, 0.25) is 11.8 Å². The first-order chi connectivity index (χ1) is 10.0. The number of carbonyl (C=O) groups excluding carboxylic acids is 2. The van der Waals surface area contributed by atoms with Crippen molar-refractivity contribution in [1.29, 1.82) is 0 Å². The monoisotopic (exact) mass is 287 g/mol. The van der Waals surface area contributed by atoms with Gasteiger partial charge in [0.15, 0.2) is 0 Å². The number of hydrogen-bond acceptors (Lipinski definition) is 2. The lowest BCUT2D eigenvalue weighted by Crippen LogP contribution is -2.45. The van der Waals surface area contributed by atoms with Crippen LogP contribution in [0.15, 0.2) is 30.5 Å². The molecule has 112 valence electrons. The normalized spacial score (nSPS) is 12.1. The average molecular weight is 287 g/mol. The molecule has 0 aliphatic carbocycles. The van der Waals surface area contributed by atoms with Crippen LogP contribution in [-0.2, 0) is 16.0 Å². The number of H-pyrrole nitrogens is 1. The van der Waals surface area contributed by atoms with Gasteiger partial charge in [-0.25, -0.2) is 0 Å². The number of rotatable bonds is 5. The molecule has 2 N–H and O–H groups in total. The summed E-state index contributed by atoms with van der Waals surface area (Å²) in [6, 6.07) is 7.34. The van der Waals surface area contributed by atoms with Gasteiger partial charge in [-0.3, -0.25) is 9.59 Å². The van der Waals surface area contributed by atoms with Crippen molar-refractivity contribution >= 4 is 22.7 Å². The molecule has 1 heterocycles. The largest absolute Gasteiger partial charge is 0.361 e. The summed E-state index contributed by atoms with van der Waals surface area (Å²) < 4.78 is 0. The molecule has 0 radical (unpaired) electrons. The van der Waals surface area contributed by atoms with Gasteiger partial charge >= 0.3 is 0 Å². The second-order valence-electron chi connectivity index (χ2n) is 5.18. The molecule has 0 bridgehead atoms. The number of benzene rings is 1. The molecule has 1 aromatic carbocycles. The Hall–Kier alpha value is -2.30. The predicted octanol–water partition coefficient (Wildman–Crippen LogP) is 1.69. The van der Waals surface area contributed by atoms with Crippen molar-refractivity contribution in [2.75, 3.05) is 13.6 Å². The molecule has 5 nitrogen and oxygen atoms in total. The smallest absolute Gasteiger partial charge is 0.244 e. The molecule has 1 atom stereocenters. The van der Waals surface area contributed by atoms with Crippen LogP contribution in [-0.4, -0.2) is 41.3 Å². The van der Waals surface area contributed by atoms with Crippen LogP contribution in [0.1, 0.15) is 19.4 Å². The molecular formula is C16H21N3O2. The fraction of sp³-hybridized carbons (Fsp3) is 0.375. The van der Waals surface area contributed by atoms with Crippen LogP contribution in [0.25, 0.3) is 10.9 Å². The maximum atomic E-state index is 12.1. The van der Waals surface area contributed by atoms with Gasteiger partial charge in [-0.15, -0.1) is 0 Å². The Morgan fingerprint density at radius 3 is 2.76 bits per heavy atom.